The van der Waals surface area contributed by atoms with Gasteiger partial charge in [-0.3, -0.25) is 4.79 Å². The lowest BCUT2D eigenvalue weighted by Gasteiger charge is -2.23. The van der Waals surface area contributed by atoms with Crippen molar-refractivity contribution in [2.24, 2.45) is 0 Å². The molecule has 0 spiro atoms. The molecule has 144 valence electrons. The predicted octanol–water partition coefficient (Wildman–Crippen LogP) is 3.20. The summed E-state index contributed by atoms with van der Waals surface area (Å²) in [5, 5.41) is 6.04. The molecular weight excluding hydrogens is 354 g/mol. The molecule has 5 nitrogen and oxygen atoms in total. The first-order valence-corrected chi connectivity index (χ1v) is 8.83. The molecule has 1 atom stereocenters. The maximum atomic E-state index is 12.7. The Balaban J connectivity index is 1.71. The van der Waals surface area contributed by atoms with Crippen molar-refractivity contribution in [2.45, 2.75) is 25.5 Å². The zero-order chi connectivity index (χ0) is 19.1. The second-order valence-electron chi connectivity index (χ2n) is 6.34. The Kier molecular flexibility index (Phi) is 6.73. The molecular formula is C20H22F2N2O3. The summed E-state index contributed by atoms with van der Waals surface area (Å²) < 4.78 is 35.4. The van der Waals surface area contributed by atoms with Crippen LogP contribution in [0.3, 0.4) is 0 Å². The van der Waals surface area contributed by atoms with E-state index in [9.17, 15) is 13.6 Å². The summed E-state index contributed by atoms with van der Waals surface area (Å²) in [5.74, 6) is -0.0552. The minimum absolute atomic E-state index is 0.0241. The molecule has 2 aromatic rings. The van der Waals surface area contributed by atoms with Crippen molar-refractivity contribution in [3.63, 3.8) is 0 Å². The number of nitrogens with one attached hydrogen (secondary N) is 2. The van der Waals surface area contributed by atoms with Crippen molar-refractivity contribution in [3.05, 3.63) is 59.7 Å². The normalized spacial score (nSPS) is 16.9. The fourth-order valence-electron chi connectivity index (χ4n) is 3.01. The number of halogens is 2. The van der Waals surface area contributed by atoms with Gasteiger partial charge in [-0.25, -0.2) is 0 Å². The molecule has 3 rings (SSSR count). The van der Waals surface area contributed by atoms with Crippen LogP contribution in [0.1, 0.15) is 17.5 Å². The number of benzene rings is 2. The first-order chi connectivity index (χ1) is 13.1. The number of carbonyl (C=O) groups is 1. The average molecular weight is 376 g/mol. The number of hydrogen-bond acceptors (Lipinski definition) is 4. The molecule has 1 aliphatic rings. The Bertz CT molecular complexity index is 750. The third kappa shape index (κ3) is 6.01. The maximum absolute atomic E-state index is 12.7. The Morgan fingerprint density at radius 2 is 2.07 bits per heavy atom. The molecule has 1 fully saturated rings. The summed E-state index contributed by atoms with van der Waals surface area (Å²) >= 11 is 0. The zero-order valence-corrected chi connectivity index (χ0v) is 14.8. The van der Waals surface area contributed by atoms with Crippen molar-refractivity contribution < 1.29 is 23.0 Å². The lowest BCUT2D eigenvalue weighted by Crippen LogP contribution is -2.43. The van der Waals surface area contributed by atoms with E-state index < -0.39 is 6.61 Å². The van der Waals surface area contributed by atoms with Crippen molar-refractivity contribution >= 4 is 11.6 Å². The highest BCUT2D eigenvalue weighted by atomic mass is 19.3. The van der Waals surface area contributed by atoms with E-state index in [1.807, 2.05) is 30.3 Å². The zero-order valence-electron chi connectivity index (χ0n) is 14.8. The highest BCUT2D eigenvalue weighted by Gasteiger charge is 2.18. The topological polar surface area (TPSA) is 59.6 Å². The van der Waals surface area contributed by atoms with Gasteiger partial charge in [-0.1, -0.05) is 30.3 Å². The number of morpholine rings is 1. The first-order valence-electron chi connectivity index (χ1n) is 8.83. The number of amides is 1. The van der Waals surface area contributed by atoms with Crippen LogP contribution >= 0.6 is 0 Å². The van der Waals surface area contributed by atoms with Gasteiger partial charge in [-0.05, 0) is 23.8 Å². The van der Waals surface area contributed by atoms with E-state index in [0.717, 1.165) is 12.1 Å². The average Bonchev–Trinajstić information content (AvgIpc) is 2.65. The Morgan fingerprint density at radius 1 is 1.26 bits per heavy atom. The lowest BCUT2D eigenvalue weighted by atomic mass is 10.0. The second-order valence-corrected chi connectivity index (χ2v) is 6.34. The van der Waals surface area contributed by atoms with E-state index in [2.05, 4.69) is 15.4 Å². The minimum Gasteiger partial charge on any atom is -0.435 e. The molecule has 27 heavy (non-hydrogen) atoms. The van der Waals surface area contributed by atoms with Crippen molar-refractivity contribution in [2.75, 3.05) is 25.1 Å². The second kappa shape index (κ2) is 9.43. The minimum atomic E-state index is -2.91. The van der Waals surface area contributed by atoms with E-state index >= 15 is 0 Å². The number of alkyl halides is 2. The highest BCUT2D eigenvalue weighted by Crippen LogP contribution is 2.27. The Morgan fingerprint density at radius 3 is 2.78 bits per heavy atom. The van der Waals surface area contributed by atoms with Crippen LogP contribution in [-0.4, -0.2) is 38.3 Å². The molecule has 2 N–H and O–H groups in total. The molecule has 0 aromatic heterocycles. The molecule has 2 aromatic carbocycles. The summed E-state index contributed by atoms with van der Waals surface area (Å²) in [6, 6.07) is 14.1. The number of anilines is 1. The van der Waals surface area contributed by atoms with Crippen LogP contribution in [0.5, 0.6) is 5.75 Å². The van der Waals surface area contributed by atoms with Gasteiger partial charge in [0, 0.05) is 36.7 Å². The smallest absolute Gasteiger partial charge is 0.387 e. The SMILES string of the molecule is O=C(CC1COCCN1)Nc1ccc(OC(F)F)c(Cc2ccccc2)c1. The Labute approximate surface area is 156 Å². The summed E-state index contributed by atoms with van der Waals surface area (Å²) in [6.45, 7) is -1.04. The monoisotopic (exact) mass is 376 g/mol. The lowest BCUT2D eigenvalue weighted by molar-refractivity contribution is -0.117. The molecule has 7 heteroatoms. The molecule has 1 aliphatic heterocycles. The molecule has 1 heterocycles. The Hall–Kier alpha value is -2.51. The van der Waals surface area contributed by atoms with Crippen molar-refractivity contribution in [1.82, 2.24) is 5.32 Å². The molecule has 1 amide bonds. The van der Waals surface area contributed by atoms with Crippen molar-refractivity contribution in [3.8, 4) is 5.75 Å². The largest absolute Gasteiger partial charge is 0.435 e. The van der Waals surface area contributed by atoms with E-state index in [1.54, 1.807) is 12.1 Å². The summed E-state index contributed by atoms with van der Waals surface area (Å²) in [4.78, 5) is 12.3. The van der Waals surface area contributed by atoms with Crippen LogP contribution in [0.25, 0.3) is 0 Å². The van der Waals surface area contributed by atoms with Gasteiger partial charge in [-0.2, -0.15) is 8.78 Å². The predicted molar refractivity (Wildman–Crippen MR) is 98.2 cm³/mol. The fraction of sp³-hybridized carbons (Fsp3) is 0.350. The first kappa shape index (κ1) is 19.3. The van der Waals surface area contributed by atoms with Crippen LogP contribution in [0.15, 0.2) is 48.5 Å². The van der Waals surface area contributed by atoms with E-state index in [4.69, 9.17) is 4.74 Å². The number of carbonyl (C=O) groups excluding carboxylic acids is 1. The molecule has 1 unspecified atom stereocenters. The molecule has 0 aliphatic carbocycles. The van der Waals surface area contributed by atoms with Crippen LogP contribution in [-0.2, 0) is 16.0 Å². The summed E-state index contributed by atoms with van der Waals surface area (Å²) in [7, 11) is 0. The molecule has 1 saturated heterocycles. The van der Waals surface area contributed by atoms with Crippen LogP contribution < -0.4 is 15.4 Å². The van der Waals surface area contributed by atoms with Gasteiger partial charge >= 0.3 is 6.61 Å². The third-order valence-corrected chi connectivity index (χ3v) is 4.23. The summed E-state index contributed by atoms with van der Waals surface area (Å²) in [5.41, 5.74) is 2.09. The standard InChI is InChI=1S/C20H22F2N2O3/c21-20(22)27-18-7-6-16(11-15(18)10-14-4-2-1-3-5-14)24-19(25)12-17-13-26-9-8-23-17/h1-7,11,17,20,23H,8-10,12-13H2,(H,24,25). The van der Waals surface area contributed by atoms with E-state index in [1.165, 1.54) is 6.07 Å². The highest BCUT2D eigenvalue weighted by molar-refractivity contribution is 5.91. The quantitative estimate of drug-likeness (QED) is 0.779. The van der Waals surface area contributed by atoms with E-state index in [0.29, 0.717) is 30.9 Å². The van der Waals surface area contributed by atoms with Crippen LogP contribution in [0, 0.1) is 0 Å². The van der Waals surface area contributed by atoms with Gasteiger partial charge in [0.15, 0.2) is 0 Å². The van der Waals surface area contributed by atoms with Crippen LogP contribution in [0.2, 0.25) is 0 Å². The molecule has 0 saturated carbocycles. The number of ether oxygens (including phenoxy) is 2. The van der Waals surface area contributed by atoms with Crippen molar-refractivity contribution in [1.29, 1.82) is 0 Å². The van der Waals surface area contributed by atoms with Gasteiger partial charge < -0.3 is 20.1 Å². The number of hydrogen-bond donors (Lipinski definition) is 2. The van der Waals surface area contributed by atoms with Crippen LogP contribution in [0.4, 0.5) is 14.5 Å². The van der Waals surface area contributed by atoms with Gasteiger partial charge in [0.1, 0.15) is 5.75 Å². The van der Waals surface area contributed by atoms with Gasteiger partial charge in [-0.15, -0.1) is 0 Å². The van der Waals surface area contributed by atoms with E-state index in [-0.39, 0.29) is 24.1 Å². The summed E-state index contributed by atoms with van der Waals surface area (Å²) in [6.07, 6.45) is 0.702. The molecule has 0 bridgehead atoms. The number of rotatable bonds is 7. The van der Waals surface area contributed by atoms with Gasteiger partial charge in [0.2, 0.25) is 5.91 Å². The fourth-order valence-corrected chi connectivity index (χ4v) is 3.01. The van der Waals surface area contributed by atoms with Gasteiger partial charge in [0.05, 0.1) is 13.2 Å². The maximum Gasteiger partial charge on any atom is 0.387 e. The third-order valence-electron chi connectivity index (χ3n) is 4.23. The molecule has 0 radical (unpaired) electrons. The van der Waals surface area contributed by atoms with Gasteiger partial charge in [0.25, 0.3) is 0 Å².